The topological polar surface area (TPSA) is 90.2 Å². The average molecular weight is 496 g/mol. The third-order valence-corrected chi connectivity index (χ3v) is 6.91. The molecule has 9 nitrogen and oxygen atoms in total. The second-order valence-corrected chi connectivity index (χ2v) is 9.47. The van der Waals surface area contributed by atoms with Gasteiger partial charge < -0.3 is 19.7 Å². The van der Waals surface area contributed by atoms with Gasteiger partial charge in [0.15, 0.2) is 0 Å². The largest absolute Gasteiger partial charge is 0.462 e. The molecule has 0 saturated heterocycles. The first-order valence-electron chi connectivity index (χ1n) is 11.0. The number of aromatic nitrogens is 5. The molecular weight excluding hydrogens is 470 g/mol. The number of ether oxygens (including phenoxy) is 2. The minimum Gasteiger partial charge on any atom is -0.462 e. The summed E-state index contributed by atoms with van der Waals surface area (Å²) in [6, 6.07) is 10.6. The summed E-state index contributed by atoms with van der Waals surface area (Å²) in [5.41, 5.74) is 1.25. The Balaban J connectivity index is 1.29. The van der Waals surface area contributed by atoms with Crippen molar-refractivity contribution in [2.24, 2.45) is 0 Å². The summed E-state index contributed by atoms with van der Waals surface area (Å²) in [5.74, 6) is 1.50. The minimum atomic E-state index is 0.202. The lowest BCUT2D eigenvalue weighted by Gasteiger charge is -2.25. The number of hydrogen-bond acceptors (Lipinski definition) is 10. The predicted molar refractivity (Wildman–Crippen MR) is 132 cm³/mol. The van der Waals surface area contributed by atoms with Crippen LogP contribution in [0.2, 0.25) is 0 Å². The zero-order valence-corrected chi connectivity index (χ0v) is 20.1. The Hall–Kier alpha value is -3.28. The number of nitrogens with zero attached hydrogens (tertiary/aromatic N) is 6. The Bertz CT molecular complexity index is 1160. The van der Waals surface area contributed by atoms with Gasteiger partial charge in [-0.1, -0.05) is 30.3 Å². The summed E-state index contributed by atoms with van der Waals surface area (Å²) in [4.78, 5) is 15.6. The van der Waals surface area contributed by atoms with Crippen LogP contribution in [0.15, 0.2) is 72.7 Å². The quantitative estimate of drug-likeness (QED) is 0.316. The summed E-state index contributed by atoms with van der Waals surface area (Å²) < 4.78 is 17.2. The first-order chi connectivity index (χ1) is 16.8. The van der Waals surface area contributed by atoms with E-state index in [4.69, 9.17) is 14.5 Å². The van der Waals surface area contributed by atoms with Gasteiger partial charge in [-0.25, -0.2) is 9.97 Å². The molecule has 0 saturated carbocycles. The molecule has 1 unspecified atom stereocenters. The Labute approximate surface area is 205 Å². The Morgan fingerprint density at radius 3 is 2.91 bits per heavy atom. The first-order valence-corrected chi connectivity index (χ1v) is 12.6. The summed E-state index contributed by atoms with van der Waals surface area (Å²) in [6.45, 7) is 2.55. The van der Waals surface area contributed by atoms with E-state index in [-0.39, 0.29) is 6.04 Å². The lowest BCUT2D eigenvalue weighted by atomic mass is 10.1. The van der Waals surface area contributed by atoms with Crippen LogP contribution >= 0.6 is 22.9 Å². The highest BCUT2D eigenvalue weighted by Gasteiger charge is 2.20. The van der Waals surface area contributed by atoms with E-state index >= 15 is 0 Å². The Morgan fingerprint density at radius 1 is 1.21 bits per heavy atom. The molecule has 1 N–H and O–H groups in total. The van der Waals surface area contributed by atoms with Crippen molar-refractivity contribution in [1.82, 2.24) is 29.2 Å². The van der Waals surface area contributed by atoms with Crippen molar-refractivity contribution in [2.75, 3.05) is 18.2 Å². The Morgan fingerprint density at radius 2 is 2.15 bits per heavy atom. The molecule has 1 aliphatic heterocycles. The van der Waals surface area contributed by atoms with Crippen molar-refractivity contribution in [3.63, 3.8) is 0 Å². The molecule has 0 fully saturated rings. The Kier molecular flexibility index (Phi) is 7.44. The molecule has 0 spiro atoms. The predicted octanol–water partition coefficient (Wildman–Crippen LogP) is 3.97. The van der Waals surface area contributed by atoms with E-state index in [2.05, 4.69) is 48.8 Å². The number of benzene rings is 1. The molecule has 5 rings (SSSR count). The fourth-order valence-corrected chi connectivity index (χ4v) is 4.95. The van der Waals surface area contributed by atoms with Gasteiger partial charge in [0.1, 0.15) is 23.4 Å². The van der Waals surface area contributed by atoms with Crippen LogP contribution in [-0.2, 0) is 22.6 Å². The van der Waals surface area contributed by atoms with Crippen molar-refractivity contribution in [3.05, 3.63) is 83.2 Å². The highest BCUT2D eigenvalue weighted by Crippen LogP contribution is 2.24. The van der Waals surface area contributed by atoms with Crippen LogP contribution in [0.3, 0.4) is 0 Å². The molecule has 176 valence electrons. The summed E-state index contributed by atoms with van der Waals surface area (Å²) in [7, 11) is 0. The molecule has 1 atom stereocenters. The minimum absolute atomic E-state index is 0.202. The molecule has 0 radical (unpaired) electrons. The van der Waals surface area contributed by atoms with Gasteiger partial charge in [-0.15, -0.1) is 11.3 Å². The average Bonchev–Trinajstić information content (AvgIpc) is 3.68. The molecule has 1 aromatic carbocycles. The van der Waals surface area contributed by atoms with Crippen LogP contribution in [0.4, 0.5) is 5.13 Å². The fraction of sp³-hybridized carbons (Fsp3) is 0.304. The lowest BCUT2D eigenvalue weighted by Crippen LogP contribution is -2.34. The van der Waals surface area contributed by atoms with Gasteiger partial charge in [-0.05, 0) is 12.0 Å². The van der Waals surface area contributed by atoms with Crippen molar-refractivity contribution >= 4 is 28.0 Å². The van der Waals surface area contributed by atoms with Crippen LogP contribution in [-0.4, -0.2) is 43.3 Å². The fourth-order valence-electron chi connectivity index (χ4n) is 3.62. The molecule has 1 aliphatic rings. The maximum atomic E-state index is 5.60. The number of hydrogen-bond donors (Lipinski definition) is 1. The monoisotopic (exact) mass is 495 g/mol. The smallest absolute Gasteiger partial charge is 0.248 e. The second-order valence-electron chi connectivity index (χ2n) is 7.76. The van der Waals surface area contributed by atoms with Gasteiger partial charge >= 0.3 is 0 Å². The lowest BCUT2D eigenvalue weighted by molar-refractivity contribution is 0.0762. The van der Waals surface area contributed by atoms with Gasteiger partial charge in [-0.3, -0.25) is 4.57 Å². The van der Waals surface area contributed by atoms with E-state index in [0.717, 1.165) is 41.8 Å². The van der Waals surface area contributed by atoms with Crippen molar-refractivity contribution < 1.29 is 9.47 Å². The second kappa shape index (κ2) is 11.2. The van der Waals surface area contributed by atoms with Gasteiger partial charge in [0.25, 0.3) is 0 Å². The molecule has 11 heteroatoms. The SMILES string of the molecule is C1=C(CC(CCN(Cc2nccs2)c2nc(-n3ccnc3)ns2)NCc2ccccc2)OCO1. The standard InChI is InChI=1S/C23H25N7O2S2/c1-2-4-18(5-3-1)13-26-19(12-20-15-31-17-32-20)6-9-29(14-21-25-8-11-33-21)23-27-22(28-34-23)30-10-7-24-16-30/h1-5,7-8,10-11,15-16,19,26H,6,9,12-14,17H2. The highest BCUT2D eigenvalue weighted by atomic mass is 32.1. The summed E-state index contributed by atoms with van der Waals surface area (Å²) in [5, 5.41) is 7.60. The first kappa shape index (κ1) is 22.5. The molecule has 0 aliphatic carbocycles. The molecule has 4 heterocycles. The van der Waals surface area contributed by atoms with E-state index in [1.807, 2.05) is 28.4 Å². The van der Waals surface area contributed by atoms with Crippen molar-refractivity contribution in [3.8, 4) is 5.95 Å². The van der Waals surface area contributed by atoms with E-state index < -0.39 is 0 Å². The maximum Gasteiger partial charge on any atom is 0.248 e. The van der Waals surface area contributed by atoms with Crippen LogP contribution in [0, 0.1) is 0 Å². The number of rotatable bonds is 12. The third-order valence-electron chi connectivity index (χ3n) is 5.38. The van der Waals surface area contributed by atoms with Gasteiger partial charge in [0.05, 0.1) is 6.54 Å². The molecule has 0 bridgehead atoms. The number of anilines is 1. The van der Waals surface area contributed by atoms with Crippen LogP contribution in [0.1, 0.15) is 23.4 Å². The zero-order valence-electron chi connectivity index (χ0n) is 18.5. The normalized spacial score (nSPS) is 13.8. The number of thiazole rings is 1. The molecule has 4 aromatic rings. The van der Waals surface area contributed by atoms with Crippen LogP contribution in [0.25, 0.3) is 5.95 Å². The van der Waals surface area contributed by atoms with E-state index in [1.54, 1.807) is 30.1 Å². The third kappa shape index (κ3) is 5.99. The van der Waals surface area contributed by atoms with Crippen molar-refractivity contribution in [1.29, 1.82) is 0 Å². The van der Waals surface area contributed by atoms with Gasteiger partial charge in [0, 0.05) is 61.1 Å². The summed E-state index contributed by atoms with van der Waals surface area (Å²) >= 11 is 3.03. The van der Waals surface area contributed by atoms with Gasteiger partial charge in [-0.2, -0.15) is 9.36 Å². The van der Waals surface area contributed by atoms with Gasteiger partial charge in [0.2, 0.25) is 17.9 Å². The summed E-state index contributed by atoms with van der Waals surface area (Å²) in [6.07, 6.45) is 10.5. The van der Waals surface area contributed by atoms with E-state index in [1.165, 1.54) is 17.1 Å². The highest BCUT2D eigenvalue weighted by molar-refractivity contribution is 7.10. The van der Waals surface area contributed by atoms with E-state index in [0.29, 0.717) is 19.3 Å². The van der Waals surface area contributed by atoms with Crippen LogP contribution < -0.4 is 10.2 Å². The van der Waals surface area contributed by atoms with Crippen molar-refractivity contribution in [2.45, 2.75) is 32.0 Å². The zero-order chi connectivity index (χ0) is 23.0. The molecule has 0 amide bonds. The maximum absolute atomic E-state index is 5.60. The molecule has 3 aromatic heterocycles. The number of nitrogens with one attached hydrogen (secondary N) is 1. The van der Waals surface area contributed by atoms with E-state index in [9.17, 15) is 0 Å². The van der Waals surface area contributed by atoms with Crippen LogP contribution in [0.5, 0.6) is 0 Å². The molecule has 34 heavy (non-hydrogen) atoms. The molecular formula is C23H25N7O2S2. The number of imidazole rings is 1.